The van der Waals surface area contributed by atoms with Crippen LogP contribution in [0.3, 0.4) is 0 Å². The first-order valence-electron chi connectivity index (χ1n) is 13.0. The highest BCUT2D eigenvalue weighted by atomic mass is 16.4. The van der Waals surface area contributed by atoms with E-state index < -0.39 is 41.0 Å². The molecule has 1 rings (SSSR count). The number of aliphatic hydroxyl groups excluding tert-OH is 2. The van der Waals surface area contributed by atoms with Crippen molar-refractivity contribution >= 4 is 11.9 Å². The molecule has 1 fully saturated rings. The van der Waals surface area contributed by atoms with Gasteiger partial charge >= 0.3 is 11.9 Å². The number of carboxylic acids is 2. The van der Waals surface area contributed by atoms with E-state index in [1.54, 1.807) is 27.9 Å². The Bertz CT molecular complexity index is 610. The third-order valence-corrected chi connectivity index (χ3v) is 7.99. The van der Waals surface area contributed by atoms with Crippen molar-refractivity contribution in [3.63, 3.8) is 0 Å². The Kier molecular flexibility index (Phi) is 11.8. The summed E-state index contributed by atoms with van der Waals surface area (Å²) >= 11 is 0. The van der Waals surface area contributed by atoms with Gasteiger partial charge in [-0.25, -0.2) is 4.79 Å². The van der Waals surface area contributed by atoms with Gasteiger partial charge in [-0.05, 0) is 39.0 Å². The fourth-order valence-corrected chi connectivity index (χ4v) is 6.50. The normalized spacial score (nSPS) is 26.9. The highest BCUT2D eigenvalue weighted by Crippen LogP contribution is 2.60. The van der Waals surface area contributed by atoms with Crippen LogP contribution in [0.2, 0.25) is 0 Å². The first kappa shape index (κ1) is 29.9. The monoisotopic (exact) mass is 472 g/mol. The molecule has 0 aliphatic carbocycles. The van der Waals surface area contributed by atoms with E-state index >= 15 is 0 Å². The van der Waals surface area contributed by atoms with E-state index in [4.69, 9.17) is 0 Å². The minimum atomic E-state index is -1.52. The number of quaternary nitrogens is 1. The third kappa shape index (κ3) is 6.70. The zero-order chi connectivity index (χ0) is 25.3. The highest BCUT2D eigenvalue weighted by Gasteiger charge is 2.82. The van der Waals surface area contributed by atoms with E-state index in [1.165, 1.54) is 38.5 Å². The highest BCUT2D eigenvalue weighted by molar-refractivity contribution is 5.91. The first-order chi connectivity index (χ1) is 15.4. The molecule has 0 aromatic heterocycles. The van der Waals surface area contributed by atoms with Gasteiger partial charge in [0, 0.05) is 6.42 Å². The number of unbranched alkanes of at least 4 members (excludes halogenated alkanes) is 9. The number of nitrogens with zero attached hydrogens (tertiary/aromatic N) is 1. The Morgan fingerprint density at radius 1 is 0.788 bits per heavy atom. The minimum absolute atomic E-state index is 0.0994. The second-order valence-corrected chi connectivity index (χ2v) is 11.1. The molecule has 194 valence electrons. The van der Waals surface area contributed by atoms with Crippen LogP contribution in [0.4, 0.5) is 0 Å². The molecule has 0 bridgehead atoms. The van der Waals surface area contributed by atoms with Crippen molar-refractivity contribution in [2.75, 3.05) is 20.6 Å². The van der Waals surface area contributed by atoms with Crippen LogP contribution >= 0.6 is 0 Å². The lowest BCUT2D eigenvalue weighted by atomic mass is 9.50. The summed E-state index contributed by atoms with van der Waals surface area (Å²) in [5, 5.41) is 41.0. The Morgan fingerprint density at radius 3 is 1.55 bits per heavy atom. The number of rotatable bonds is 18. The second-order valence-electron chi connectivity index (χ2n) is 11.1. The number of carbonyl (C=O) groups is 2. The van der Waals surface area contributed by atoms with E-state index in [9.17, 15) is 30.0 Å². The summed E-state index contributed by atoms with van der Waals surface area (Å²) in [5.74, 6) is -2.83. The lowest BCUT2D eigenvalue weighted by Gasteiger charge is -2.66. The number of carboxylic acid groups (broad SMARTS) is 2. The van der Waals surface area contributed by atoms with E-state index in [0.717, 1.165) is 19.3 Å². The van der Waals surface area contributed by atoms with Gasteiger partial charge in [-0.1, -0.05) is 64.7 Å². The third-order valence-electron chi connectivity index (χ3n) is 7.99. The number of aliphatic hydroxyl groups is 2. The maximum atomic E-state index is 12.8. The van der Waals surface area contributed by atoms with Gasteiger partial charge in [-0.3, -0.25) is 4.79 Å². The van der Waals surface area contributed by atoms with E-state index in [2.05, 4.69) is 6.92 Å². The number of hydrogen-bond acceptors (Lipinski definition) is 4. The molecule has 0 amide bonds. The van der Waals surface area contributed by atoms with Crippen LogP contribution in [0, 0.1) is 11.3 Å². The molecular weight excluding hydrogens is 422 g/mol. The SMILES string of the molecule is CCCCCCCCCCCCC1(C(=O)O)C(C(=O)O)(C(CC(C)O)CC(C)O)C[N+]1(C)C. The zero-order valence-corrected chi connectivity index (χ0v) is 21.7. The molecule has 1 heterocycles. The largest absolute Gasteiger partial charge is 0.480 e. The van der Waals surface area contributed by atoms with Gasteiger partial charge in [-0.15, -0.1) is 0 Å². The van der Waals surface area contributed by atoms with Gasteiger partial charge in [-0.2, -0.15) is 0 Å². The molecule has 0 aromatic rings. The fourth-order valence-electron chi connectivity index (χ4n) is 6.50. The molecule has 33 heavy (non-hydrogen) atoms. The van der Waals surface area contributed by atoms with Crippen LogP contribution < -0.4 is 0 Å². The van der Waals surface area contributed by atoms with E-state index in [1.807, 2.05) is 0 Å². The molecule has 1 saturated heterocycles. The predicted molar refractivity (Wildman–Crippen MR) is 130 cm³/mol. The van der Waals surface area contributed by atoms with E-state index in [-0.39, 0.29) is 30.3 Å². The van der Waals surface area contributed by atoms with Gasteiger partial charge in [0.2, 0.25) is 5.54 Å². The number of aliphatic carboxylic acids is 2. The van der Waals surface area contributed by atoms with Crippen LogP contribution in [-0.2, 0) is 9.59 Å². The lowest BCUT2D eigenvalue weighted by Crippen LogP contribution is -2.88. The standard InChI is InChI=1S/C26H49NO6/c1-6-7-8-9-10-11-12-13-14-15-16-26(24(32)33)25(23(30)31,19-27(26,4)5)22(17-20(2)28)18-21(3)29/h20-22,28-29H,6-19H2,1-5H3,(H-,30,31,32,33)/p+1. The van der Waals surface area contributed by atoms with Crippen molar-refractivity contribution in [2.45, 2.75) is 122 Å². The van der Waals surface area contributed by atoms with Crippen molar-refractivity contribution in [1.29, 1.82) is 0 Å². The van der Waals surface area contributed by atoms with Crippen molar-refractivity contribution in [3.8, 4) is 0 Å². The van der Waals surface area contributed by atoms with Crippen molar-refractivity contribution < 1.29 is 34.5 Å². The molecule has 4 atom stereocenters. The van der Waals surface area contributed by atoms with Gasteiger partial charge in [0.15, 0.2) is 5.41 Å². The summed E-state index contributed by atoms with van der Waals surface area (Å²) in [6.45, 7) is 5.57. The van der Waals surface area contributed by atoms with Crippen LogP contribution in [0.15, 0.2) is 0 Å². The zero-order valence-electron chi connectivity index (χ0n) is 21.7. The molecule has 7 nitrogen and oxygen atoms in total. The van der Waals surface area contributed by atoms with Gasteiger partial charge < -0.3 is 24.9 Å². The number of likely N-dealkylation sites (N-methyl/N-ethyl adjacent to an activating group) is 1. The van der Waals surface area contributed by atoms with Crippen LogP contribution in [0.25, 0.3) is 0 Å². The summed E-state index contributed by atoms with van der Waals surface area (Å²) in [6.07, 6.45) is 10.3. The Balaban J connectivity index is 2.96. The Morgan fingerprint density at radius 2 is 1.21 bits per heavy atom. The van der Waals surface area contributed by atoms with Gasteiger partial charge in [0.25, 0.3) is 0 Å². The first-order valence-corrected chi connectivity index (χ1v) is 13.0. The van der Waals surface area contributed by atoms with Crippen LogP contribution in [-0.4, -0.2) is 75.2 Å². The summed E-state index contributed by atoms with van der Waals surface area (Å²) in [4.78, 5) is 25.6. The van der Waals surface area contributed by atoms with Gasteiger partial charge in [0.1, 0.15) is 6.54 Å². The molecule has 0 radical (unpaired) electrons. The molecule has 0 saturated carbocycles. The smallest absolute Gasteiger partial charge is 0.367 e. The predicted octanol–water partition coefficient (Wildman–Crippen LogP) is 4.44. The average molecular weight is 473 g/mol. The molecule has 0 aromatic carbocycles. The molecule has 4 unspecified atom stereocenters. The maximum absolute atomic E-state index is 12.8. The van der Waals surface area contributed by atoms with Crippen molar-refractivity contribution in [3.05, 3.63) is 0 Å². The van der Waals surface area contributed by atoms with Crippen LogP contribution in [0.5, 0.6) is 0 Å². The van der Waals surface area contributed by atoms with E-state index in [0.29, 0.717) is 6.42 Å². The number of hydrogen-bond donors (Lipinski definition) is 4. The quantitative estimate of drug-likeness (QED) is 0.173. The summed E-state index contributed by atoms with van der Waals surface area (Å²) in [5.41, 5.74) is -3.00. The Labute approximate surface area is 200 Å². The van der Waals surface area contributed by atoms with Crippen molar-refractivity contribution in [2.24, 2.45) is 11.3 Å². The topological polar surface area (TPSA) is 115 Å². The molecule has 7 heteroatoms. The average Bonchev–Trinajstić information content (AvgIpc) is 2.68. The van der Waals surface area contributed by atoms with Crippen molar-refractivity contribution in [1.82, 2.24) is 0 Å². The second kappa shape index (κ2) is 13.1. The maximum Gasteiger partial charge on any atom is 0.367 e. The summed E-state index contributed by atoms with van der Waals surface area (Å²) in [6, 6.07) is 0. The fraction of sp³-hybridized carbons (Fsp3) is 0.923. The van der Waals surface area contributed by atoms with Gasteiger partial charge in [0.05, 0.1) is 26.3 Å². The summed E-state index contributed by atoms with van der Waals surface area (Å²) in [7, 11) is 3.60. The molecule has 0 spiro atoms. The molecule has 4 N–H and O–H groups in total. The summed E-state index contributed by atoms with van der Waals surface area (Å²) < 4.78 is 0.0994. The molecule has 1 aliphatic rings. The molecule has 1 aliphatic heterocycles. The molecular formula is C26H50NO6+. The van der Waals surface area contributed by atoms with Crippen LogP contribution in [0.1, 0.15) is 104 Å². The lowest BCUT2D eigenvalue weighted by molar-refractivity contribution is -0.996. The minimum Gasteiger partial charge on any atom is -0.480 e. The number of likely N-dealkylation sites (tertiary alicyclic amines) is 1. The Hall–Kier alpha value is -1.18.